The van der Waals surface area contributed by atoms with Crippen LogP contribution in [0.3, 0.4) is 0 Å². The quantitative estimate of drug-likeness (QED) is 0.617. The van der Waals surface area contributed by atoms with E-state index in [1.807, 2.05) is 6.92 Å². The van der Waals surface area contributed by atoms with E-state index in [-0.39, 0.29) is 17.4 Å². The predicted octanol–water partition coefficient (Wildman–Crippen LogP) is -0.0597. The second-order valence-electron chi connectivity index (χ2n) is 1.84. The number of nitrogens with one attached hydrogen (secondary N) is 1. The van der Waals surface area contributed by atoms with Gasteiger partial charge < -0.3 is 10.4 Å². The van der Waals surface area contributed by atoms with Crippen molar-refractivity contribution in [2.24, 2.45) is 0 Å². The molecule has 4 nitrogen and oxygen atoms in total. The van der Waals surface area contributed by atoms with Gasteiger partial charge in [-0.2, -0.15) is 0 Å². The summed E-state index contributed by atoms with van der Waals surface area (Å²) in [5, 5.41) is 10.8. The molecule has 2 N–H and O–H groups in total. The lowest BCUT2D eigenvalue weighted by atomic mass is 10.6. The first-order valence-corrected chi connectivity index (χ1v) is 4.38. The highest BCUT2D eigenvalue weighted by Gasteiger charge is 2.01. The zero-order valence-electron chi connectivity index (χ0n) is 6.29. The van der Waals surface area contributed by atoms with Gasteiger partial charge in [-0.1, -0.05) is 0 Å². The van der Waals surface area contributed by atoms with Crippen LogP contribution in [-0.2, 0) is 9.59 Å². The van der Waals surface area contributed by atoms with E-state index in [9.17, 15) is 9.59 Å². The second-order valence-corrected chi connectivity index (χ2v) is 2.83. The lowest BCUT2D eigenvalue weighted by molar-refractivity contribution is -0.133. The number of carbonyl (C=O) groups excluding carboxylic acids is 1. The summed E-state index contributed by atoms with van der Waals surface area (Å²) in [6.07, 6.45) is 0. The number of thioether (sulfide) groups is 1. The summed E-state index contributed by atoms with van der Waals surface area (Å²) in [5.74, 6) is -0.796. The van der Waals surface area contributed by atoms with Gasteiger partial charge in [0.2, 0.25) is 5.91 Å². The van der Waals surface area contributed by atoms with E-state index < -0.39 is 5.97 Å². The van der Waals surface area contributed by atoms with Crippen molar-refractivity contribution in [2.75, 3.05) is 18.1 Å². The van der Waals surface area contributed by atoms with Gasteiger partial charge in [-0.05, 0) is 6.92 Å². The summed E-state index contributed by atoms with van der Waals surface area (Å²) in [6.45, 7) is 2.41. The number of carbonyl (C=O) groups is 2. The highest BCUT2D eigenvalue weighted by molar-refractivity contribution is 8.00. The van der Waals surface area contributed by atoms with E-state index in [0.29, 0.717) is 6.54 Å². The molecule has 0 bridgehead atoms. The zero-order chi connectivity index (χ0) is 8.69. The maximum absolute atomic E-state index is 10.7. The van der Waals surface area contributed by atoms with Crippen molar-refractivity contribution in [3.63, 3.8) is 0 Å². The average molecular weight is 177 g/mol. The molecule has 0 saturated heterocycles. The number of hydrogen-bond acceptors (Lipinski definition) is 3. The van der Waals surface area contributed by atoms with E-state index in [1.54, 1.807) is 0 Å². The normalized spacial score (nSPS) is 9.18. The third-order valence-electron chi connectivity index (χ3n) is 0.833. The van der Waals surface area contributed by atoms with Gasteiger partial charge in [-0.15, -0.1) is 11.8 Å². The Kier molecular flexibility index (Phi) is 5.64. The van der Waals surface area contributed by atoms with Crippen LogP contribution < -0.4 is 5.32 Å². The molecule has 0 aliphatic rings. The van der Waals surface area contributed by atoms with Gasteiger partial charge in [0.05, 0.1) is 11.5 Å². The van der Waals surface area contributed by atoms with E-state index >= 15 is 0 Å². The first-order valence-electron chi connectivity index (χ1n) is 3.23. The van der Waals surface area contributed by atoms with Crippen LogP contribution in [0.4, 0.5) is 0 Å². The standard InChI is InChI=1S/C6H11NO3S/c1-2-7-5(8)3-11-4-6(9)10/h2-4H2,1H3,(H,7,8)(H,9,10). The van der Waals surface area contributed by atoms with Gasteiger partial charge >= 0.3 is 5.97 Å². The molecule has 0 aromatic carbocycles. The van der Waals surface area contributed by atoms with E-state index in [2.05, 4.69) is 5.32 Å². The molecule has 0 fully saturated rings. The third-order valence-corrected chi connectivity index (χ3v) is 1.75. The smallest absolute Gasteiger partial charge is 0.313 e. The summed E-state index contributed by atoms with van der Waals surface area (Å²) < 4.78 is 0. The van der Waals surface area contributed by atoms with Crippen LogP contribution in [0.1, 0.15) is 6.92 Å². The van der Waals surface area contributed by atoms with Crippen molar-refractivity contribution < 1.29 is 14.7 Å². The molecule has 0 aliphatic heterocycles. The molecule has 0 atom stereocenters. The molecule has 0 aliphatic carbocycles. The summed E-state index contributed by atoms with van der Waals surface area (Å²) in [7, 11) is 0. The number of amides is 1. The van der Waals surface area contributed by atoms with Gasteiger partial charge in [0.1, 0.15) is 0 Å². The second kappa shape index (κ2) is 6.03. The fraction of sp³-hybridized carbons (Fsp3) is 0.667. The van der Waals surface area contributed by atoms with E-state index in [1.165, 1.54) is 0 Å². The largest absolute Gasteiger partial charge is 0.481 e. The van der Waals surface area contributed by atoms with Crippen molar-refractivity contribution in [3.8, 4) is 0 Å². The van der Waals surface area contributed by atoms with Crippen LogP contribution in [0, 0.1) is 0 Å². The maximum Gasteiger partial charge on any atom is 0.313 e. The lowest BCUT2D eigenvalue weighted by Crippen LogP contribution is -2.24. The van der Waals surface area contributed by atoms with Crippen LogP contribution in [0.15, 0.2) is 0 Å². The monoisotopic (exact) mass is 177 g/mol. The van der Waals surface area contributed by atoms with Crippen molar-refractivity contribution in [1.82, 2.24) is 5.32 Å². The summed E-state index contributed by atoms with van der Waals surface area (Å²) in [6, 6.07) is 0. The minimum atomic E-state index is -0.890. The molecule has 11 heavy (non-hydrogen) atoms. The predicted molar refractivity (Wildman–Crippen MR) is 43.6 cm³/mol. The summed E-state index contributed by atoms with van der Waals surface area (Å²) in [4.78, 5) is 20.7. The minimum absolute atomic E-state index is 0.0167. The van der Waals surface area contributed by atoms with Crippen LogP contribution in [0.5, 0.6) is 0 Å². The van der Waals surface area contributed by atoms with Crippen molar-refractivity contribution >= 4 is 23.6 Å². The molecule has 0 heterocycles. The first-order chi connectivity index (χ1) is 5.16. The average Bonchev–Trinajstić information content (AvgIpc) is 1.87. The lowest BCUT2D eigenvalue weighted by Gasteiger charge is -1.98. The molecule has 0 aromatic rings. The van der Waals surface area contributed by atoms with Gasteiger partial charge in [0.15, 0.2) is 0 Å². The van der Waals surface area contributed by atoms with Crippen molar-refractivity contribution in [2.45, 2.75) is 6.92 Å². The highest BCUT2D eigenvalue weighted by atomic mass is 32.2. The highest BCUT2D eigenvalue weighted by Crippen LogP contribution is 1.97. The SMILES string of the molecule is CCNC(=O)CSCC(=O)O. The Morgan fingerprint density at radius 1 is 1.45 bits per heavy atom. The Bertz CT molecular complexity index is 149. The molecule has 1 amide bonds. The summed E-state index contributed by atoms with van der Waals surface area (Å²) in [5.41, 5.74) is 0. The molecule has 0 radical (unpaired) electrons. The Balaban J connectivity index is 3.24. The molecule has 5 heteroatoms. The maximum atomic E-state index is 10.7. The topological polar surface area (TPSA) is 66.4 Å². The summed E-state index contributed by atoms with van der Waals surface area (Å²) >= 11 is 1.10. The molecule has 0 aromatic heterocycles. The van der Waals surface area contributed by atoms with Crippen LogP contribution in [0.2, 0.25) is 0 Å². The van der Waals surface area contributed by atoms with Gasteiger partial charge in [0.25, 0.3) is 0 Å². The van der Waals surface area contributed by atoms with Gasteiger partial charge in [-0.3, -0.25) is 9.59 Å². The number of rotatable bonds is 5. The molecule has 0 unspecified atom stereocenters. The van der Waals surface area contributed by atoms with Crippen LogP contribution in [0.25, 0.3) is 0 Å². The molecular weight excluding hydrogens is 166 g/mol. The Morgan fingerprint density at radius 3 is 2.55 bits per heavy atom. The van der Waals surface area contributed by atoms with Gasteiger partial charge in [0, 0.05) is 6.54 Å². The molecule has 64 valence electrons. The molecule has 0 saturated carbocycles. The number of carboxylic acids is 1. The van der Waals surface area contributed by atoms with Crippen LogP contribution >= 0.6 is 11.8 Å². The third kappa shape index (κ3) is 7.18. The zero-order valence-corrected chi connectivity index (χ0v) is 7.11. The molecular formula is C6H11NO3S. The van der Waals surface area contributed by atoms with Crippen molar-refractivity contribution in [1.29, 1.82) is 0 Å². The molecule has 0 rings (SSSR count). The van der Waals surface area contributed by atoms with Gasteiger partial charge in [-0.25, -0.2) is 0 Å². The number of carboxylic acid groups (broad SMARTS) is 1. The molecule has 0 spiro atoms. The van der Waals surface area contributed by atoms with Crippen LogP contribution in [-0.4, -0.2) is 35.0 Å². The van der Waals surface area contributed by atoms with Crippen molar-refractivity contribution in [3.05, 3.63) is 0 Å². The fourth-order valence-electron chi connectivity index (χ4n) is 0.479. The first kappa shape index (κ1) is 10.3. The fourth-order valence-corrected chi connectivity index (χ4v) is 1.04. The Hall–Kier alpha value is -0.710. The Morgan fingerprint density at radius 2 is 2.09 bits per heavy atom. The Labute approximate surface area is 69.4 Å². The minimum Gasteiger partial charge on any atom is -0.481 e. The number of hydrogen-bond donors (Lipinski definition) is 2. The van der Waals surface area contributed by atoms with E-state index in [0.717, 1.165) is 11.8 Å². The van der Waals surface area contributed by atoms with E-state index in [4.69, 9.17) is 5.11 Å². The number of aliphatic carboxylic acids is 1.